The molecule has 2 aliphatic rings. The van der Waals surface area contributed by atoms with Gasteiger partial charge in [0, 0.05) is 51.0 Å². The Morgan fingerprint density at radius 3 is 2.17 bits per heavy atom. The van der Waals surface area contributed by atoms with Gasteiger partial charge >= 0.3 is 0 Å². The van der Waals surface area contributed by atoms with Gasteiger partial charge in [-0.05, 0) is 55.4 Å². The zero-order valence-electron chi connectivity index (χ0n) is 17.1. The molecule has 1 amide bonds. The third-order valence-electron chi connectivity index (χ3n) is 6.12. The SMILES string of the molecule is CC1CCN(c2ccc(N3CCC(C(=O)NCc4cccnc4)CC3)nn2)CC1. The van der Waals surface area contributed by atoms with Gasteiger partial charge < -0.3 is 15.1 Å². The van der Waals surface area contributed by atoms with Crippen LogP contribution in [0.15, 0.2) is 36.7 Å². The Bertz CT molecular complexity index is 781. The Balaban J connectivity index is 1.25. The molecule has 4 rings (SSSR count). The third kappa shape index (κ3) is 5.02. The van der Waals surface area contributed by atoms with Crippen LogP contribution in [0, 0.1) is 11.8 Å². The summed E-state index contributed by atoms with van der Waals surface area (Å²) in [6.07, 6.45) is 7.65. The molecule has 0 saturated carbocycles. The molecule has 29 heavy (non-hydrogen) atoms. The lowest BCUT2D eigenvalue weighted by molar-refractivity contribution is -0.125. The van der Waals surface area contributed by atoms with Crippen molar-refractivity contribution in [3.8, 4) is 0 Å². The summed E-state index contributed by atoms with van der Waals surface area (Å²) < 4.78 is 0. The van der Waals surface area contributed by atoms with Crippen molar-refractivity contribution in [1.82, 2.24) is 20.5 Å². The number of aromatic nitrogens is 3. The van der Waals surface area contributed by atoms with Crippen molar-refractivity contribution in [2.45, 2.75) is 39.2 Å². The minimum absolute atomic E-state index is 0.0606. The van der Waals surface area contributed by atoms with E-state index in [0.29, 0.717) is 6.54 Å². The summed E-state index contributed by atoms with van der Waals surface area (Å²) in [5.41, 5.74) is 1.02. The number of hydrogen-bond donors (Lipinski definition) is 1. The minimum atomic E-state index is 0.0606. The van der Waals surface area contributed by atoms with E-state index in [1.54, 1.807) is 12.4 Å². The van der Waals surface area contributed by atoms with E-state index in [-0.39, 0.29) is 11.8 Å². The molecule has 2 aromatic rings. The smallest absolute Gasteiger partial charge is 0.223 e. The summed E-state index contributed by atoms with van der Waals surface area (Å²) >= 11 is 0. The first-order valence-electron chi connectivity index (χ1n) is 10.7. The predicted octanol–water partition coefficient (Wildman–Crippen LogP) is 2.64. The lowest BCUT2D eigenvalue weighted by Crippen LogP contribution is -2.40. The van der Waals surface area contributed by atoms with Crippen molar-refractivity contribution in [3.05, 3.63) is 42.2 Å². The molecule has 2 aliphatic heterocycles. The molecule has 1 N–H and O–H groups in total. The first-order valence-corrected chi connectivity index (χ1v) is 10.7. The van der Waals surface area contributed by atoms with Crippen LogP contribution in [0.4, 0.5) is 11.6 Å². The molecule has 7 nitrogen and oxygen atoms in total. The average molecular weight is 395 g/mol. The van der Waals surface area contributed by atoms with Crippen LogP contribution < -0.4 is 15.1 Å². The van der Waals surface area contributed by atoms with E-state index in [1.807, 2.05) is 12.1 Å². The van der Waals surface area contributed by atoms with E-state index in [4.69, 9.17) is 0 Å². The number of carbonyl (C=O) groups excluding carboxylic acids is 1. The minimum Gasteiger partial charge on any atom is -0.355 e. The molecule has 0 aliphatic carbocycles. The van der Waals surface area contributed by atoms with E-state index in [0.717, 1.165) is 62.1 Å². The van der Waals surface area contributed by atoms with Gasteiger partial charge in [-0.1, -0.05) is 13.0 Å². The van der Waals surface area contributed by atoms with Crippen molar-refractivity contribution < 1.29 is 4.79 Å². The van der Waals surface area contributed by atoms with Crippen LogP contribution in [0.2, 0.25) is 0 Å². The zero-order valence-corrected chi connectivity index (χ0v) is 17.1. The van der Waals surface area contributed by atoms with Crippen molar-refractivity contribution in [1.29, 1.82) is 0 Å². The van der Waals surface area contributed by atoms with E-state index >= 15 is 0 Å². The molecule has 0 atom stereocenters. The molecule has 0 aromatic carbocycles. The summed E-state index contributed by atoms with van der Waals surface area (Å²) in [4.78, 5) is 21.1. The van der Waals surface area contributed by atoms with E-state index in [9.17, 15) is 4.79 Å². The molecular weight excluding hydrogens is 364 g/mol. The Morgan fingerprint density at radius 1 is 1.00 bits per heavy atom. The highest BCUT2D eigenvalue weighted by atomic mass is 16.1. The van der Waals surface area contributed by atoms with Gasteiger partial charge in [-0.2, -0.15) is 0 Å². The van der Waals surface area contributed by atoms with Crippen LogP contribution in [-0.4, -0.2) is 47.3 Å². The Morgan fingerprint density at radius 2 is 1.62 bits per heavy atom. The molecule has 0 radical (unpaired) electrons. The number of hydrogen-bond acceptors (Lipinski definition) is 6. The van der Waals surface area contributed by atoms with Crippen LogP contribution in [-0.2, 0) is 11.3 Å². The lowest BCUT2D eigenvalue weighted by Gasteiger charge is -2.33. The fourth-order valence-corrected chi connectivity index (χ4v) is 4.10. The maximum Gasteiger partial charge on any atom is 0.223 e. The number of nitrogens with zero attached hydrogens (tertiary/aromatic N) is 5. The summed E-state index contributed by atoms with van der Waals surface area (Å²) in [7, 11) is 0. The van der Waals surface area contributed by atoms with Crippen LogP contribution in [0.1, 0.15) is 38.2 Å². The number of piperidine rings is 2. The molecule has 2 aromatic heterocycles. The van der Waals surface area contributed by atoms with Gasteiger partial charge in [0.1, 0.15) is 0 Å². The summed E-state index contributed by atoms with van der Waals surface area (Å²) in [6, 6.07) is 8.02. The second-order valence-corrected chi connectivity index (χ2v) is 8.26. The number of carbonyl (C=O) groups is 1. The van der Waals surface area contributed by atoms with Gasteiger partial charge in [0.15, 0.2) is 11.6 Å². The quantitative estimate of drug-likeness (QED) is 0.840. The van der Waals surface area contributed by atoms with Crippen LogP contribution in [0.5, 0.6) is 0 Å². The fourth-order valence-electron chi connectivity index (χ4n) is 4.10. The number of amides is 1. The summed E-state index contributed by atoms with van der Waals surface area (Å²) in [5.74, 6) is 2.89. The normalized spacial score (nSPS) is 18.7. The van der Waals surface area contributed by atoms with Gasteiger partial charge in [-0.15, -0.1) is 10.2 Å². The Labute approximate surface area is 172 Å². The highest BCUT2D eigenvalue weighted by Gasteiger charge is 2.26. The molecule has 2 saturated heterocycles. The van der Waals surface area contributed by atoms with E-state index in [1.165, 1.54) is 12.8 Å². The molecular formula is C22H30N6O. The maximum atomic E-state index is 12.5. The van der Waals surface area contributed by atoms with E-state index < -0.39 is 0 Å². The van der Waals surface area contributed by atoms with Gasteiger partial charge in [0.05, 0.1) is 0 Å². The van der Waals surface area contributed by atoms with Crippen molar-refractivity contribution >= 4 is 17.5 Å². The van der Waals surface area contributed by atoms with Crippen LogP contribution >= 0.6 is 0 Å². The molecule has 7 heteroatoms. The van der Waals surface area contributed by atoms with Gasteiger partial charge in [0.25, 0.3) is 0 Å². The molecule has 4 heterocycles. The molecule has 0 bridgehead atoms. The topological polar surface area (TPSA) is 74.2 Å². The first-order chi connectivity index (χ1) is 14.2. The summed E-state index contributed by atoms with van der Waals surface area (Å²) in [5, 5.41) is 12.0. The third-order valence-corrected chi connectivity index (χ3v) is 6.12. The van der Waals surface area contributed by atoms with Crippen LogP contribution in [0.25, 0.3) is 0 Å². The highest BCUT2D eigenvalue weighted by molar-refractivity contribution is 5.79. The standard InChI is InChI=1S/C22H30N6O/c1-17-6-11-27(12-7-17)20-4-5-21(26-25-20)28-13-8-19(9-14-28)22(29)24-16-18-3-2-10-23-15-18/h2-5,10,15,17,19H,6-9,11-14,16H2,1H3,(H,24,29). The van der Waals surface area contributed by atoms with Gasteiger partial charge in [0.2, 0.25) is 5.91 Å². The van der Waals surface area contributed by atoms with Crippen molar-refractivity contribution in [2.75, 3.05) is 36.0 Å². The number of rotatable bonds is 5. The predicted molar refractivity (Wildman–Crippen MR) is 114 cm³/mol. The second kappa shape index (κ2) is 9.20. The molecule has 0 spiro atoms. The monoisotopic (exact) mass is 394 g/mol. The first kappa shape index (κ1) is 19.6. The number of nitrogens with one attached hydrogen (secondary N) is 1. The summed E-state index contributed by atoms with van der Waals surface area (Å²) in [6.45, 7) is 6.65. The number of anilines is 2. The molecule has 154 valence electrons. The Kier molecular flexibility index (Phi) is 6.22. The van der Waals surface area contributed by atoms with Gasteiger partial charge in [-0.3, -0.25) is 9.78 Å². The molecule has 0 unspecified atom stereocenters. The Hall–Kier alpha value is -2.70. The van der Waals surface area contributed by atoms with E-state index in [2.05, 4.69) is 49.4 Å². The lowest BCUT2D eigenvalue weighted by atomic mass is 9.96. The maximum absolute atomic E-state index is 12.5. The van der Waals surface area contributed by atoms with Crippen molar-refractivity contribution in [2.24, 2.45) is 11.8 Å². The largest absolute Gasteiger partial charge is 0.355 e. The number of pyridine rings is 1. The average Bonchev–Trinajstić information content (AvgIpc) is 2.79. The van der Waals surface area contributed by atoms with Crippen molar-refractivity contribution in [3.63, 3.8) is 0 Å². The highest BCUT2D eigenvalue weighted by Crippen LogP contribution is 2.24. The van der Waals surface area contributed by atoms with Crippen LogP contribution in [0.3, 0.4) is 0 Å². The molecule has 2 fully saturated rings. The van der Waals surface area contributed by atoms with Gasteiger partial charge in [-0.25, -0.2) is 0 Å². The fraction of sp³-hybridized carbons (Fsp3) is 0.545. The zero-order chi connectivity index (χ0) is 20.1. The second-order valence-electron chi connectivity index (χ2n) is 8.26.